The van der Waals surface area contributed by atoms with Crippen LogP contribution in [0.1, 0.15) is 58.6 Å². The van der Waals surface area contributed by atoms with Crippen LogP contribution in [0.15, 0.2) is 22.7 Å². The molecule has 2 atom stereocenters. The van der Waals surface area contributed by atoms with E-state index in [1.54, 1.807) is 11.0 Å². The van der Waals surface area contributed by atoms with E-state index >= 15 is 0 Å². The molecule has 1 N–H and O–H groups in total. The number of likely N-dealkylation sites (tertiary alicyclic amines) is 1. The molecule has 0 saturated carbocycles. The zero-order chi connectivity index (χ0) is 18.6. The Hall–Kier alpha value is -1.14. The lowest BCUT2D eigenvalue weighted by atomic mass is 10.0. The van der Waals surface area contributed by atoms with Gasteiger partial charge in [0.15, 0.2) is 0 Å². The monoisotopic (exact) mass is 414 g/mol. The van der Waals surface area contributed by atoms with E-state index in [1.807, 2.05) is 33.8 Å². The minimum atomic E-state index is -0.500. The first-order chi connectivity index (χ1) is 11.7. The van der Waals surface area contributed by atoms with Crippen LogP contribution in [0.4, 0.5) is 9.18 Å². The third kappa shape index (κ3) is 6.26. The van der Waals surface area contributed by atoms with Gasteiger partial charge in [0.25, 0.3) is 0 Å². The number of rotatable bonds is 3. The highest BCUT2D eigenvalue weighted by Gasteiger charge is 2.27. The fourth-order valence-corrected chi connectivity index (χ4v) is 3.40. The number of amides is 1. The predicted octanol–water partition coefficient (Wildman–Crippen LogP) is 5.03. The van der Waals surface area contributed by atoms with Crippen molar-refractivity contribution in [1.29, 1.82) is 0 Å². The topological polar surface area (TPSA) is 41.6 Å². The number of hydrogen-bond donors (Lipinski definition) is 1. The lowest BCUT2D eigenvalue weighted by Gasteiger charge is -2.30. The van der Waals surface area contributed by atoms with E-state index in [9.17, 15) is 9.18 Å². The standard InChI is InChI=1S/C19H28BrFN2O2/c1-13(16-9-8-14(20)11-17(16)21)22-15-7-5-6-10-23(12-15)18(24)25-19(2,3)4/h8-9,11,13,15,22H,5-7,10,12H2,1-4H3. The van der Waals surface area contributed by atoms with Gasteiger partial charge >= 0.3 is 6.09 Å². The van der Waals surface area contributed by atoms with Crippen LogP contribution in [-0.4, -0.2) is 35.7 Å². The number of halogens is 2. The fourth-order valence-electron chi connectivity index (χ4n) is 3.07. The van der Waals surface area contributed by atoms with Crippen molar-refractivity contribution in [2.24, 2.45) is 0 Å². The Bertz CT molecular complexity index is 604. The second-order valence-corrected chi connectivity index (χ2v) is 8.59. The molecule has 0 spiro atoms. The van der Waals surface area contributed by atoms with Crippen molar-refractivity contribution in [1.82, 2.24) is 10.2 Å². The van der Waals surface area contributed by atoms with Gasteiger partial charge in [0, 0.05) is 35.2 Å². The van der Waals surface area contributed by atoms with Gasteiger partial charge < -0.3 is 15.0 Å². The van der Waals surface area contributed by atoms with Gasteiger partial charge in [0.2, 0.25) is 0 Å². The van der Waals surface area contributed by atoms with Crippen LogP contribution < -0.4 is 5.32 Å². The maximum Gasteiger partial charge on any atom is 0.410 e. The number of benzene rings is 1. The summed E-state index contributed by atoms with van der Waals surface area (Å²) in [5, 5.41) is 3.48. The van der Waals surface area contributed by atoms with E-state index in [0.29, 0.717) is 18.7 Å². The summed E-state index contributed by atoms with van der Waals surface area (Å²) in [6.07, 6.45) is 2.68. The van der Waals surface area contributed by atoms with E-state index in [1.165, 1.54) is 6.07 Å². The van der Waals surface area contributed by atoms with Crippen LogP contribution in [0.25, 0.3) is 0 Å². The third-order valence-electron chi connectivity index (χ3n) is 4.24. The molecule has 0 radical (unpaired) electrons. The normalized spacial score (nSPS) is 20.1. The Labute approximate surface area is 158 Å². The Kier molecular flexibility index (Phi) is 6.86. The molecule has 1 aliphatic rings. The first-order valence-electron chi connectivity index (χ1n) is 8.84. The zero-order valence-corrected chi connectivity index (χ0v) is 17.0. The molecule has 2 unspecified atom stereocenters. The van der Waals surface area contributed by atoms with Crippen molar-refractivity contribution in [3.8, 4) is 0 Å². The fraction of sp³-hybridized carbons (Fsp3) is 0.632. The van der Waals surface area contributed by atoms with Crippen molar-refractivity contribution < 1.29 is 13.9 Å². The number of carbonyl (C=O) groups excluding carboxylic acids is 1. The molecule has 140 valence electrons. The van der Waals surface area contributed by atoms with Gasteiger partial charge in [0.05, 0.1) is 0 Å². The smallest absolute Gasteiger partial charge is 0.410 e. The van der Waals surface area contributed by atoms with E-state index in [4.69, 9.17) is 4.74 Å². The quantitative estimate of drug-likeness (QED) is 0.753. The van der Waals surface area contributed by atoms with Gasteiger partial charge in [-0.25, -0.2) is 9.18 Å². The van der Waals surface area contributed by atoms with Crippen molar-refractivity contribution in [3.05, 3.63) is 34.1 Å². The van der Waals surface area contributed by atoms with Gasteiger partial charge in [-0.05, 0) is 52.7 Å². The maximum atomic E-state index is 14.2. The first-order valence-corrected chi connectivity index (χ1v) is 9.64. The Morgan fingerprint density at radius 3 is 2.76 bits per heavy atom. The molecule has 1 aromatic rings. The SMILES string of the molecule is CC(NC1CCCCN(C(=O)OC(C)(C)C)C1)c1ccc(Br)cc1F. The summed E-state index contributed by atoms with van der Waals surface area (Å²) in [6, 6.07) is 5.11. The summed E-state index contributed by atoms with van der Waals surface area (Å²) in [6.45, 7) is 8.85. The number of nitrogens with zero attached hydrogens (tertiary/aromatic N) is 1. The van der Waals surface area contributed by atoms with E-state index in [0.717, 1.165) is 23.7 Å². The van der Waals surface area contributed by atoms with Crippen molar-refractivity contribution in [3.63, 3.8) is 0 Å². The molecule has 1 aromatic carbocycles. The number of nitrogens with one attached hydrogen (secondary N) is 1. The number of ether oxygens (including phenoxy) is 1. The molecule has 25 heavy (non-hydrogen) atoms. The molecule has 4 nitrogen and oxygen atoms in total. The number of hydrogen-bond acceptors (Lipinski definition) is 3. The molecule has 6 heteroatoms. The Morgan fingerprint density at radius 2 is 2.12 bits per heavy atom. The van der Waals surface area contributed by atoms with E-state index in [-0.39, 0.29) is 24.0 Å². The summed E-state index contributed by atoms with van der Waals surface area (Å²) in [7, 11) is 0. The Balaban J connectivity index is 2.01. The summed E-state index contributed by atoms with van der Waals surface area (Å²) in [5.41, 5.74) is 0.136. The van der Waals surface area contributed by atoms with Gasteiger partial charge in [-0.1, -0.05) is 28.4 Å². The molecule has 1 fully saturated rings. The van der Waals surface area contributed by atoms with Gasteiger partial charge in [-0.2, -0.15) is 0 Å². The van der Waals surface area contributed by atoms with Crippen LogP contribution in [0, 0.1) is 5.82 Å². The van der Waals surface area contributed by atoms with Crippen LogP contribution in [0.3, 0.4) is 0 Å². The summed E-state index contributed by atoms with van der Waals surface area (Å²) in [5.74, 6) is -0.230. The molecular formula is C19H28BrFN2O2. The minimum Gasteiger partial charge on any atom is -0.444 e. The highest BCUT2D eigenvalue weighted by atomic mass is 79.9. The predicted molar refractivity (Wildman–Crippen MR) is 101 cm³/mol. The van der Waals surface area contributed by atoms with Crippen molar-refractivity contribution >= 4 is 22.0 Å². The molecule has 0 aromatic heterocycles. The largest absolute Gasteiger partial charge is 0.444 e. The third-order valence-corrected chi connectivity index (χ3v) is 4.73. The van der Waals surface area contributed by atoms with Crippen molar-refractivity contribution in [2.45, 2.75) is 64.6 Å². The molecule has 1 aliphatic heterocycles. The minimum absolute atomic E-state index is 0.119. The van der Waals surface area contributed by atoms with Crippen LogP contribution in [-0.2, 0) is 4.74 Å². The van der Waals surface area contributed by atoms with Gasteiger partial charge in [0.1, 0.15) is 11.4 Å². The van der Waals surface area contributed by atoms with Crippen molar-refractivity contribution in [2.75, 3.05) is 13.1 Å². The summed E-state index contributed by atoms with van der Waals surface area (Å²) < 4.78 is 20.4. The van der Waals surface area contributed by atoms with Crippen LogP contribution in [0.5, 0.6) is 0 Å². The molecule has 1 heterocycles. The second kappa shape index (κ2) is 8.49. The van der Waals surface area contributed by atoms with Gasteiger partial charge in [-0.3, -0.25) is 0 Å². The zero-order valence-electron chi connectivity index (χ0n) is 15.4. The highest BCUT2D eigenvalue weighted by molar-refractivity contribution is 9.10. The summed E-state index contributed by atoms with van der Waals surface area (Å²) in [4.78, 5) is 14.1. The molecule has 1 saturated heterocycles. The lowest BCUT2D eigenvalue weighted by molar-refractivity contribution is 0.0242. The highest BCUT2D eigenvalue weighted by Crippen LogP contribution is 2.23. The Morgan fingerprint density at radius 1 is 1.40 bits per heavy atom. The number of carbonyl (C=O) groups is 1. The molecule has 0 bridgehead atoms. The van der Waals surface area contributed by atoms with Crippen LogP contribution >= 0.6 is 15.9 Å². The van der Waals surface area contributed by atoms with Crippen LogP contribution in [0.2, 0.25) is 0 Å². The average molecular weight is 415 g/mol. The van der Waals surface area contributed by atoms with Gasteiger partial charge in [-0.15, -0.1) is 0 Å². The first kappa shape index (κ1) is 20.2. The summed E-state index contributed by atoms with van der Waals surface area (Å²) >= 11 is 3.28. The molecular weight excluding hydrogens is 387 g/mol. The second-order valence-electron chi connectivity index (χ2n) is 7.67. The van der Waals surface area contributed by atoms with E-state index < -0.39 is 5.60 Å². The molecule has 2 rings (SSSR count). The molecule has 0 aliphatic carbocycles. The lowest BCUT2D eigenvalue weighted by Crippen LogP contribution is -2.45. The maximum absolute atomic E-state index is 14.2. The average Bonchev–Trinajstić information content (AvgIpc) is 2.71. The molecule has 1 amide bonds. The van der Waals surface area contributed by atoms with E-state index in [2.05, 4.69) is 21.2 Å².